The molecule has 0 radical (unpaired) electrons. The van der Waals surface area contributed by atoms with Gasteiger partial charge in [-0.25, -0.2) is 8.78 Å². The quantitative estimate of drug-likeness (QED) is 0.582. The second-order valence-corrected chi connectivity index (χ2v) is 11.0. The average Bonchev–Trinajstić information content (AvgIpc) is 3.52. The monoisotopic (exact) mass is 532 g/mol. The Kier molecular flexibility index (Phi) is 8.28. The molecule has 4 aliphatic rings. The molecule has 2 amide bonds. The Morgan fingerprint density at radius 1 is 1.05 bits per heavy atom. The lowest BCUT2D eigenvalue weighted by Gasteiger charge is -2.35. The van der Waals surface area contributed by atoms with Crippen LogP contribution in [0.2, 0.25) is 0 Å². The van der Waals surface area contributed by atoms with Gasteiger partial charge in [-0.15, -0.1) is 0 Å². The van der Waals surface area contributed by atoms with E-state index >= 15 is 0 Å². The Morgan fingerprint density at radius 3 is 2.37 bits per heavy atom. The van der Waals surface area contributed by atoms with Gasteiger partial charge in [0.2, 0.25) is 12.3 Å². The summed E-state index contributed by atoms with van der Waals surface area (Å²) in [4.78, 5) is 45.6. The molecule has 1 saturated carbocycles. The zero-order chi connectivity index (χ0) is 26.8. The first kappa shape index (κ1) is 27.0. The highest BCUT2D eigenvalue weighted by Gasteiger charge is 2.56. The zero-order valence-corrected chi connectivity index (χ0v) is 22.0. The molecule has 0 spiro atoms. The van der Waals surface area contributed by atoms with Crippen LogP contribution >= 0.6 is 0 Å². The summed E-state index contributed by atoms with van der Waals surface area (Å²) in [6, 6.07) is 5.53. The molecule has 4 atom stereocenters. The zero-order valence-electron chi connectivity index (χ0n) is 22.0. The summed E-state index contributed by atoms with van der Waals surface area (Å²) in [5.41, 5.74) is 1.50. The maximum Gasteiger partial charge on any atom is 0.251 e. The van der Waals surface area contributed by atoms with Crippen molar-refractivity contribution in [3.05, 3.63) is 29.8 Å². The van der Waals surface area contributed by atoms with Gasteiger partial charge < -0.3 is 24.8 Å². The molecule has 0 aromatic heterocycles. The molecule has 10 heteroatoms. The Hall–Kier alpha value is -2.59. The number of benzene rings is 1. The van der Waals surface area contributed by atoms with Crippen LogP contribution < -0.4 is 10.2 Å². The SMILES string of the molecule is CCN1CCN(c2ccc(C(=O)N[C@H](C(=O)N3C[C@@H](C(F)F)[C@H]4OCC(=O)[C@H]43)C3CCCCC3)cc2)CC1. The van der Waals surface area contributed by atoms with Crippen molar-refractivity contribution in [3.63, 3.8) is 0 Å². The van der Waals surface area contributed by atoms with Crippen LogP contribution in [0.15, 0.2) is 24.3 Å². The number of halogens is 2. The van der Waals surface area contributed by atoms with Gasteiger partial charge in [0.25, 0.3) is 5.91 Å². The van der Waals surface area contributed by atoms with Crippen molar-refractivity contribution in [1.29, 1.82) is 0 Å². The van der Waals surface area contributed by atoms with Crippen LogP contribution in [0.4, 0.5) is 14.5 Å². The normalized spacial score (nSPS) is 27.6. The van der Waals surface area contributed by atoms with Crippen LogP contribution in [-0.4, -0.2) is 97.9 Å². The van der Waals surface area contributed by atoms with E-state index in [4.69, 9.17) is 4.74 Å². The van der Waals surface area contributed by atoms with Gasteiger partial charge in [-0.1, -0.05) is 26.2 Å². The summed E-state index contributed by atoms with van der Waals surface area (Å²) in [7, 11) is 0. The number of nitrogens with one attached hydrogen (secondary N) is 1. The third-order valence-electron chi connectivity index (χ3n) is 8.82. The van der Waals surface area contributed by atoms with Crippen LogP contribution in [0.25, 0.3) is 0 Å². The summed E-state index contributed by atoms with van der Waals surface area (Å²) < 4.78 is 32.8. The summed E-state index contributed by atoms with van der Waals surface area (Å²) in [5.74, 6) is -2.48. The number of amides is 2. The van der Waals surface area contributed by atoms with E-state index in [1.807, 2.05) is 12.1 Å². The van der Waals surface area contributed by atoms with Gasteiger partial charge in [0.15, 0.2) is 5.78 Å². The number of nitrogens with zero attached hydrogens (tertiary/aromatic N) is 3. The van der Waals surface area contributed by atoms with Crippen molar-refractivity contribution in [2.75, 3.05) is 50.8 Å². The maximum absolute atomic E-state index is 13.8. The van der Waals surface area contributed by atoms with E-state index in [1.54, 1.807) is 12.1 Å². The van der Waals surface area contributed by atoms with Gasteiger partial charge in [0.05, 0.1) is 12.0 Å². The van der Waals surface area contributed by atoms with E-state index in [1.165, 1.54) is 4.90 Å². The minimum absolute atomic E-state index is 0.101. The highest BCUT2D eigenvalue weighted by atomic mass is 19.3. The van der Waals surface area contributed by atoms with E-state index in [0.29, 0.717) is 5.56 Å². The number of alkyl halides is 2. The first-order valence-electron chi connectivity index (χ1n) is 14.0. The third-order valence-corrected chi connectivity index (χ3v) is 8.82. The van der Waals surface area contributed by atoms with Gasteiger partial charge >= 0.3 is 0 Å². The van der Waals surface area contributed by atoms with E-state index in [-0.39, 0.29) is 30.8 Å². The molecule has 1 aromatic rings. The number of carbonyl (C=O) groups excluding carboxylic acids is 3. The van der Waals surface area contributed by atoms with Gasteiger partial charge in [-0.2, -0.15) is 0 Å². The molecule has 1 N–H and O–H groups in total. The number of hydrogen-bond donors (Lipinski definition) is 1. The van der Waals surface area contributed by atoms with Crippen LogP contribution in [-0.2, 0) is 14.3 Å². The number of carbonyl (C=O) groups is 3. The number of ketones is 1. The van der Waals surface area contributed by atoms with Crippen molar-refractivity contribution >= 4 is 23.3 Å². The van der Waals surface area contributed by atoms with Crippen LogP contribution in [0.1, 0.15) is 49.4 Å². The lowest BCUT2D eigenvalue weighted by atomic mass is 9.83. The Morgan fingerprint density at radius 2 is 1.74 bits per heavy atom. The molecule has 4 fully saturated rings. The van der Waals surface area contributed by atoms with Crippen molar-refractivity contribution in [1.82, 2.24) is 15.1 Å². The van der Waals surface area contributed by atoms with Gasteiger partial charge in [0, 0.05) is 44.0 Å². The van der Waals surface area contributed by atoms with E-state index in [2.05, 4.69) is 22.0 Å². The molecule has 3 aliphatic heterocycles. The molecule has 8 nitrogen and oxygen atoms in total. The molecular weight excluding hydrogens is 494 g/mol. The first-order valence-corrected chi connectivity index (χ1v) is 14.0. The average molecular weight is 533 g/mol. The van der Waals surface area contributed by atoms with E-state index < -0.39 is 36.4 Å². The molecule has 38 heavy (non-hydrogen) atoms. The fourth-order valence-corrected chi connectivity index (χ4v) is 6.54. The topological polar surface area (TPSA) is 82.2 Å². The third kappa shape index (κ3) is 5.43. The molecule has 3 heterocycles. The number of rotatable bonds is 7. The lowest BCUT2D eigenvalue weighted by Crippen LogP contribution is -2.55. The first-order chi connectivity index (χ1) is 18.4. The van der Waals surface area contributed by atoms with Gasteiger partial charge in [-0.05, 0) is 49.6 Å². The van der Waals surface area contributed by atoms with Crippen molar-refractivity contribution in [2.24, 2.45) is 11.8 Å². The van der Waals surface area contributed by atoms with Gasteiger partial charge in [0.1, 0.15) is 18.7 Å². The summed E-state index contributed by atoms with van der Waals surface area (Å²) >= 11 is 0. The number of likely N-dealkylation sites (N-methyl/N-ethyl adjacent to an activating group) is 1. The summed E-state index contributed by atoms with van der Waals surface area (Å²) in [6.45, 7) is 6.56. The standard InChI is InChI=1S/C28H38F2N4O4/c1-2-32-12-14-33(15-13-32)20-10-8-19(9-11-20)27(36)31-23(18-6-4-3-5-7-18)28(37)34-16-21(26(29)30)25-24(34)22(35)17-38-25/h8-11,18,21,23-26H,2-7,12-17H2,1H3,(H,31,36)/t21-,23+,24-,25-/m1/s1. The van der Waals surface area contributed by atoms with Gasteiger partial charge in [-0.3, -0.25) is 14.4 Å². The molecule has 1 aromatic carbocycles. The summed E-state index contributed by atoms with van der Waals surface area (Å²) in [5, 5.41) is 2.94. The predicted octanol–water partition coefficient (Wildman–Crippen LogP) is 2.57. The molecule has 3 saturated heterocycles. The van der Waals surface area contributed by atoms with Crippen molar-refractivity contribution in [2.45, 2.75) is 63.6 Å². The maximum atomic E-state index is 13.8. The number of Topliss-reactive ketones (excluding diaryl/α,β-unsaturated/α-hetero) is 1. The predicted molar refractivity (Wildman–Crippen MR) is 138 cm³/mol. The Bertz CT molecular complexity index is 1010. The second-order valence-electron chi connectivity index (χ2n) is 11.0. The minimum Gasteiger partial charge on any atom is -0.369 e. The minimum atomic E-state index is -2.70. The molecular formula is C28H38F2N4O4. The van der Waals surface area contributed by atoms with Crippen molar-refractivity contribution in [3.8, 4) is 0 Å². The molecule has 0 bridgehead atoms. The number of ether oxygens (including phenoxy) is 1. The number of hydrogen-bond acceptors (Lipinski definition) is 6. The summed E-state index contributed by atoms with van der Waals surface area (Å²) in [6.07, 6.45) is 0.802. The van der Waals surface area contributed by atoms with E-state index in [0.717, 1.165) is 70.5 Å². The largest absolute Gasteiger partial charge is 0.369 e. The number of likely N-dealkylation sites (tertiary alicyclic amines) is 1. The molecule has 0 unspecified atom stereocenters. The highest BCUT2D eigenvalue weighted by molar-refractivity contribution is 5.99. The molecule has 5 rings (SSSR count). The number of anilines is 1. The molecule has 1 aliphatic carbocycles. The fourth-order valence-electron chi connectivity index (χ4n) is 6.54. The fraction of sp³-hybridized carbons (Fsp3) is 0.679. The molecule has 208 valence electrons. The highest BCUT2D eigenvalue weighted by Crippen LogP contribution is 2.37. The van der Waals surface area contributed by atoms with Crippen molar-refractivity contribution < 1.29 is 27.9 Å². The van der Waals surface area contributed by atoms with E-state index in [9.17, 15) is 23.2 Å². The number of piperazine rings is 1. The van der Waals surface area contributed by atoms with Crippen LogP contribution in [0.5, 0.6) is 0 Å². The van der Waals surface area contributed by atoms with Crippen LogP contribution in [0, 0.1) is 11.8 Å². The van der Waals surface area contributed by atoms with Crippen LogP contribution in [0.3, 0.4) is 0 Å². The Balaban J connectivity index is 1.31. The Labute approximate surface area is 222 Å². The second kappa shape index (κ2) is 11.7. The smallest absolute Gasteiger partial charge is 0.251 e. The lowest BCUT2D eigenvalue weighted by molar-refractivity contribution is -0.139. The number of fused-ring (bicyclic) bond motifs is 1.